The summed E-state index contributed by atoms with van der Waals surface area (Å²) >= 11 is 0. The highest BCUT2D eigenvalue weighted by molar-refractivity contribution is 5.83. The fourth-order valence-corrected chi connectivity index (χ4v) is 2.12. The molecule has 1 fully saturated rings. The predicted octanol–water partition coefficient (Wildman–Crippen LogP) is -2.05. The maximum absolute atomic E-state index is 11.3. The average molecular weight is 278 g/mol. The van der Waals surface area contributed by atoms with Crippen molar-refractivity contribution in [3.05, 3.63) is 0 Å². The van der Waals surface area contributed by atoms with Gasteiger partial charge in [0.25, 0.3) is 0 Å². The second-order valence-electron chi connectivity index (χ2n) is 4.92. The quantitative estimate of drug-likeness (QED) is 0.391. The Morgan fingerprint density at radius 1 is 1.16 bits per heavy atom. The predicted molar refractivity (Wildman–Crippen MR) is 64.3 cm³/mol. The van der Waals surface area contributed by atoms with E-state index >= 15 is 0 Å². The van der Waals surface area contributed by atoms with Gasteiger partial charge in [0.15, 0.2) is 5.78 Å². The Morgan fingerprint density at radius 3 is 2.26 bits per heavy atom. The van der Waals surface area contributed by atoms with Gasteiger partial charge >= 0.3 is 0 Å². The molecular weight excluding hydrogens is 256 g/mol. The molecule has 0 spiro atoms. The summed E-state index contributed by atoms with van der Waals surface area (Å²) in [5.41, 5.74) is 0. The van der Waals surface area contributed by atoms with E-state index in [-0.39, 0.29) is 12.8 Å². The molecule has 2 unspecified atom stereocenters. The summed E-state index contributed by atoms with van der Waals surface area (Å²) in [6.45, 7) is 3.08. The first-order valence-electron chi connectivity index (χ1n) is 6.38. The van der Waals surface area contributed by atoms with Gasteiger partial charge in [-0.2, -0.15) is 0 Å². The molecular formula is C12H22O7. The summed E-state index contributed by atoms with van der Waals surface area (Å²) < 4.78 is 5.27. The third kappa shape index (κ3) is 3.71. The SMILES string of the molecule is CCC(=O)[C@@H](O)[C@H](O)C[C@@H]1O[C@@H](C)[C@@H](O)C(O)C1O. The van der Waals surface area contributed by atoms with E-state index in [2.05, 4.69) is 0 Å². The molecule has 0 aromatic heterocycles. The molecule has 0 radical (unpaired) electrons. The minimum Gasteiger partial charge on any atom is -0.390 e. The Kier molecular flexibility index (Phi) is 5.84. The van der Waals surface area contributed by atoms with Gasteiger partial charge in [-0.1, -0.05) is 6.92 Å². The van der Waals surface area contributed by atoms with E-state index in [1.165, 1.54) is 6.92 Å². The highest BCUT2D eigenvalue weighted by atomic mass is 16.5. The number of ether oxygens (including phenoxy) is 1. The number of hydrogen-bond donors (Lipinski definition) is 5. The number of ketones is 1. The first-order chi connectivity index (χ1) is 8.79. The second kappa shape index (κ2) is 6.74. The van der Waals surface area contributed by atoms with Crippen molar-refractivity contribution in [1.82, 2.24) is 0 Å². The summed E-state index contributed by atoms with van der Waals surface area (Å²) in [7, 11) is 0. The van der Waals surface area contributed by atoms with Gasteiger partial charge in [0, 0.05) is 12.8 Å². The molecule has 7 nitrogen and oxygen atoms in total. The van der Waals surface area contributed by atoms with E-state index in [1.54, 1.807) is 6.92 Å². The van der Waals surface area contributed by atoms with Crippen LogP contribution in [0.2, 0.25) is 0 Å². The lowest BCUT2D eigenvalue weighted by Crippen LogP contribution is -2.57. The number of aliphatic hydroxyl groups is 5. The fraction of sp³-hybridized carbons (Fsp3) is 0.917. The van der Waals surface area contributed by atoms with Crippen molar-refractivity contribution < 1.29 is 35.1 Å². The smallest absolute Gasteiger partial charge is 0.163 e. The number of aliphatic hydroxyl groups excluding tert-OH is 5. The van der Waals surface area contributed by atoms with Gasteiger partial charge in [0.2, 0.25) is 0 Å². The van der Waals surface area contributed by atoms with E-state index in [1.807, 2.05) is 0 Å². The first kappa shape index (κ1) is 16.5. The van der Waals surface area contributed by atoms with Crippen LogP contribution in [0.5, 0.6) is 0 Å². The van der Waals surface area contributed by atoms with Crippen molar-refractivity contribution in [2.75, 3.05) is 0 Å². The van der Waals surface area contributed by atoms with Gasteiger partial charge < -0.3 is 30.3 Å². The van der Waals surface area contributed by atoms with Crippen LogP contribution in [0.1, 0.15) is 26.7 Å². The largest absolute Gasteiger partial charge is 0.390 e. The molecule has 5 N–H and O–H groups in total. The molecule has 0 aromatic rings. The monoisotopic (exact) mass is 278 g/mol. The minimum absolute atomic E-state index is 0.0873. The average Bonchev–Trinajstić information content (AvgIpc) is 2.40. The maximum atomic E-state index is 11.3. The van der Waals surface area contributed by atoms with Crippen molar-refractivity contribution >= 4 is 5.78 Å². The molecule has 19 heavy (non-hydrogen) atoms. The van der Waals surface area contributed by atoms with E-state index in [0.29, 0.717) is 0 Å². The maximum Gasteiger partial charge on any atom is 0.163 e. The highest BCUT2D eigenvalue weighted by Crippen LogP contribution is 2.24. The minimum atomic E-state index is -1.54. The van der Waals surface area contributed by atoms with Gasteiger partial charge in [-0.15, -0.1) is 0 Å². The van der Waals surface area contributed by atoms with Gasteiger partial charge in [-0.3, -0.25) is 4.79 Å². The van der Waals surface area contributed by atoms with Gasteiger partial charge in [-0.25, -0.2) is 0 Å². The van der Waals surface area contributed by atoms with Crippen LogP contribution >= 0.6 is 0 Å². The van der Waals surface area contributed by atoms with Gasteiger partial charge in [0.05, 0.1) is 18.3 Å². The molecule has 0 bridgehead atoms. The van der Waals surface area contributed by atoms with Gasteiger partial charge in [-0.05, 0) is 6.92 Å². The lowest BCUT2D eigenvalue weighted by Gasteiger charge is -2.40. The number of carbonyl (C=O) groups excluding carboxylic acids is 1. The molecule has 0 aromatic carbocycles. The van der Waals surface area contributed by atoms with E-state index in [9.17, 15) is 30.3 Å². The highest BCUT2D eigenvalue weighted by Gasteiger charge is 2.43. The van der Waals surface area contributed by atoms with Crippen LogP contribution in [0, 0.1) is 0 Å². The molecule has 0 aliphatic carbocycles. The van der Waals surface area contributed by atoms with E-state index in [4.69, 9.17) is 4.74 Å². The third-order valence-electron chi connectivity index (χ3n) is 3.47. The topological polar surface area (TPSA) is 127 Å². The lowest BCUT2D eigenvalue weighted by atomic mass is 9.91. The van der Waals surface area contributed by atoms with E-state index in [0.717, 1.165) is 0 Å². The molecule has 0 amide bonds. The zero-order chi connectivity index (χ0) is 14.7. The number of hydrogen-bond acceptors (Lipinski definition) is 7. The Bertz CT molecular complexity index is 308. The number of carbonyl (C=O) groups is 1. The summed E-state index contributed by atoms with van der Waals surface area (Å²) in [6.07, 6.45) is -8.71. The lowest BCUT2D eigenvalue weighted by molar-refractivity contribution is -0.224. The van der Waals surface area contributed by atoms with Crippen LogP contribution in [0.15, 0.2) is 0 Å². The van der Waals surface area contributed by atoms with Crippen molar-refractivity contribution in [2.45, 2.75) is 69.4 Å². The standard InChI is InChI=1S/C12H22O7/c1-3-6(13)10(16)7(14)4-8-11(17)12(18)9(15)5(2)19-8/h5,7-12,14-18H,3-4H2,1-2H3/t5-,7+,8-,9+,10+,11?,12?/m0/s1. The van der Waals surface area contributed by atoms with Crippen molar-refractivity contribution in [1.29, 1.82) is 0 Å². The van der Waals surface area contributed by atoms with Crippen molar-refractivity contribution in [3.8, 4) is 0 Å². The van der Waals surface area contributed by atoms with Crippen LogP contribution in [0.25, 0.3) is 0 Å². The summed E-state index contributed by atoms with van der Waals surface area (Å²) in [5, 5.41) is 48.1. The Balaban J connectivity index is 2.63. The van der Waals surface area contributed by atoms with Crippen LogP contribution in [0.4, 0.5) is 0 Å². The fourth-order valence-electron chi connectivity index (χ4n) is 2.12. The molecule has 1 aliphatic rings. The zero-order valence-electron chi connectivity index (χ0n) is 11.0. The van der Waals surface area contributed by atoms with Crippen LogP contribution < -0.4 is 0 Å². The number of rotatable bonds is 5. The third-order valence-corrected chi connectivity index (χ3v) is 3.47. The van der Waals surface area contributed by atoms with Crippen molar-refractivity contribution in [2.24, 2.45) is 0 Å². The Morgan fingerprint density at radius 2 is 1.74 bits per heavy atom. The zero-order valence-corrected chi connectivity index (χ0v) is 11.0. The Hall–Kier alpha value is -0.570. The van der Waals surface area contributed by atoms with Crippen LogP contribution in [-0.4, -0.2) is 74.0 Å². The molecule has 112 valence electrons. The molecule has 1 heterocycles. The Labute approximate surface area is 111 Å². The number of Topliss-reactive ketones (excluding diaryl/α,β-unsaturated/α-hetero) is 1. The molecule has 1 aliphatic heterocycles. The first-order valence-corrected chi connectivity index (χ1v) is 6.38. The molecule has 0 saturated carbocycles. The summed E-state index contributed by atoms with van der Waals surface area (Å²) in [4.78, 5) is 11.3. The van der Waals surface area contributed by atoms with Crippen LogP contribution in [-0.2, 0) is 9.53 Å². The normalized spacial score (nSPS) is 38.8. The van der Waals surface area contributed by atoms with E-state index < -0.39 is 48.5 Å². The van der Waals surface area contributed by atoms with Gasteiger partial charge in [0.1, 0.15) is 24.4 Å². The second-order valence-corrected chi connectivity index (χ2v) is 4.92. The molecule has 7 atom stereocenters. The van der Waals surface area contributed by atoms with Crippen molar-refractivity contribution in [3.63, 3.8) is 0 Å². The molecule has 1 saturated heterocycles. The molecule has 7 heteroatoms. The molecule has 1 rings (SSSR count). The summed E-state index contributed by atoms with van der Waals surface area (Å²) in [6, 6.07) is 0. The summed E-state index contributed by atoms with van der Waals surface area (Å²) in [5.74, 6) is -0.508. The van der Waals surface area contributed by atoms with Crippen LogP contribution in [0.3, 0.4) is 0 Å².